The van der Waals surface area contributed by atoms with Crippen LogP contribution in [0.2, 0.25) is 0 Å². The molecule has 1 fully saturated rings. The second-order valence-corrected chi connectivity index (χ2v) is 5.28. The number of hydrogen-bond acceptors (Lipinski definition) is 3. The molecule has 0 bridgehead atoms. The van der Waals surface area contributed by atoms with Crippen molar-refractivity contribution in [3.05, 3.63) is 35.6 Å². The second-order valence-electron chi connectivity index (χ2n) is 5.28. The van der Waals surface area contributed by atoms with Crippen molar-refractivity contribution in [3.8, 4) is 0 Å². The van der Waals surface area contributed by atoms with Crippen LogP contribution in [0.4, 0.5) is 4.39 Å². The van der Waals surface area contributed by atoms with Crippen molar-refractivity contribution in [2.45, 2.75) is 25.0 Å². The molecular weight excluding hydrogens is 259 g/mol. The van der Waals surface area contributed by atoms with E-state index < -0.39 is 0 Å². The van der Waals surface area contributed by atoms with E-state index in [9.17, 15) is 9.18 Å². The normalized spacial score (nSPS) is 20.1. The fraction of sp³-hybridized carbons (Fsp3) is 0.533. The number of nitrogens with zero attached hydrogens (tertiary/aromatic N) is 1. The molecule has 0 aliphatic carbocycles. The molecular formula is C15H21FN2O2. The number of halogens is 1. The van der Waals surface area contributed by atoms with E-state index in [1.54, 1.807) is 6.07 Å². The minimum Gasteiger partial charge on any atom is -0.368 e. The van der Waals surface area contributed by atoms with Crippen molar-refractivity contribution in [1.82, 2.24) is 10.2 Å². The highest BCUT2D eigenvalue weighted by atomic mass is 19.1. The molecule has 0 saturated carbocycles. The number of amides is 1. The Morgan fingerprint density at radius 2 is 2.35 bits per heavy atom. The van der Waals surface area contributed by atoms with Gasteiger partial charge in [0.1, 0.15) is 11.9 Å². The molecule has 1 saturated heterocycles. The molecule has 1 aromatic rings. The van der Waals surface area contributed by atoms with Gasteiger partial charge in [-0.15, -0.1) is 0 Å². The van der Waals surface area contributed by atoms with Gasteiger partial charge in [-0.3, -0.25) is 4.79 Å². The lowest BCUT2D eigenvalue weighted by atomic mass is 10.1. The molecule has 1 aromatic carbocycles. The molecule has 2 unspecified atom stereocenters. The quantitative estimate of drug-likeness (QED) is 0.893. The lowest BCUT2D eigenvalue weighted by Crippen LogP contribution is -2.39. The van der Waals surface area contributed by atoms with E-state index in [2.05, 4.69) is 5.32 Å². The first-order valence-electron chi connectivity index (χ1n) is 6.89. The summed E-state index contributed by atoms with van der Waals surface area (Å²) in [7, 11) is 3.82. The van der Waals surface area contributed by atoms with Crippen LogP contribution in [-0.2, 0) is 9.53 Å². The highest BCUT2D eigenvalue weighted by Gasteiger charge is 2.24. The summed E-state index contributed by atoms with van der Waals surface area (Å²) in [6.07, 6.45) is 1.38. The maximum absolute atomic E-state index is 13.3. The SMILES string of the molecule is CN(C)C(CNC(=O)C1CCCO1)c1cccc(F)c1. The number of nitrogens with one attached hydrogen (secondary N) is 1. The highest BCUT2D eigenvalue weighted by Crippen LogP contribution is 2.19. The largest absolute Gasteiger partial charge is 0.368 e. The van der Waals surface area contributed by atoms with Crippen LogP contribution in [0.15, 0.2) is 24.3 Å². The Morgan fingerprint density at radius 1 is 1.55 bits per heavy atom. The molecule has 1 heterocycles. The molecule has 2 atom stereocenters. The summed E-state index contributed by atoms with van der Waals surface area (Å²) in [5.41, 5.74) is 0.850. The van der Waals surface area contributed by atoms with Gasteiger partial charge in [0.05, 0.1) is 6.04 Å². The summed E-state index contributed by atoms with van der Waals surface area (Å²) in [4.78, 5) is 13.9. The zero-order valence-electron chi connectivity index (χ0n) is 11.9. The fourth-order valence-corrected chi connectivity index (χ4v) is 2.41. The van der Waals surface area contributed by atoms with Gasteiger partial charge in [-0.05, 0) is 44.6 Å². The maximum atomic E-state index is 13.3. The standard InChI is InChI=1S/C15H21FN2O2/c1-18(2)13(11-5-3-6-12(16)9-11)10-17-15(19)14-7-4-8-20-14/h3,5-6,9,13-14H,4,7-8,10H2,1-2H3,(H,17,19). The number of carbonyl (C=O) groups excluding carboxylic acids is 1. The zero-order valence-corrected chi connectivity index (χ0v) is 11.9. The summed E-state index contributed by atoms with van der Waals surface area (Å²) < 4.78 is 18.7. The van der Waals surface area contributed by atoms with Gasteiger partial charge in [0.15, 0.2) is 0 Å². The monoisotopic (exact) mass is 280 g/mol. The molecule has 110 valence electrons. The van der Waals surface area contributed by atoms with Gasteiger partial charge < -0.3 is 15.0 Å². The van der Waals surface area contributed by atoms with Crippen LogP contribution in [0.5, 0.6) is 0 Å². The van der Waals surface area contributed by atoms with Crippen LogP contribution in [0.3, 0.4) is 0 Å². The lowest BCUT2D eigenvalue weighted by molar-refractivity contribution is -0.130. The van der Waals surface area contributed by atoms with Crippen molar-refractivity contribution < 1.29 is 13.9 Å². The molecule has 1 aliphatic rings. The van der Waals surface area contributed by atoms with Crippen molar-refractivity contribution in [2.75, 3.05) is 27.2 Å². The fourth-order valence-electron chi connectivity index (χ4n) is 2.41. The number of rotatable bonds is 5. The summed E-state index contributed by atoms with van der Waals surface area (Å²) in [6.45, 7) is 1.09. The van der Waals surface area contributed by atoms with Crippen LogP contribution in [0, 0.1) is 5.82 Å². The third-order valence-electron chi connectivity index (χ3n) is 3.55. The number of benzene rings is 1. The molecule has 4 nitrogen and oxygen atoms in total. The maximum Gasteiger partial charge on any atom is 0.249 e. The number of likely N-dealkylation sites (N-methyl/N-ethyl adjacent to an activating group) is 1. The molecule has 0 aromatic heterocycles. The predicted molar refractivity (Wildman–Crippen MR) is 74.8 cm³/mol. The van der Waals surface area contributed by atoms with Crippen LogP contribution in [-0.4, -0.2) is 44.2 Å². The summed E-state index contributed by atoms with van der Waals surface area (Å²) >= 11 is 0. The number of ether oxygens (including phenoxy) is 1. The third kappa shape index (κ3) is 3.77. The van der Waals surface area contributed by atoms with E-state index in [0.717, 1.165) is 18.4 Å². The smallest absolute Gasteiger partial charge is 0.249 e. The number of carbonyl (C=O) groups is 1. The van der Waals surface area contributed by atoms with E-state index >= 15 is 0 Å². The van der Waals surface area contributed by atoms with Gasteiger partial charge in [-0.25, -0.2) is 4.39 Å². The van der Waals surface area contributed by atoms with Crippen LogP contribution >= 0.6 is 0 Å². The molecule has 1 amide bonds. The Bertz CT molecular complexity index is 459. The minimum absolute atomic E-state index is 0.0592. The van der Waals surface area contributed by atoms with E-state index in [4.69, 9.17) is 4.74 Å². The summed E-state index contributed by atoms with van der Waals surface area (Å²) in [5.74, 6) is -0.342. The molecule has 20 heavy (non-hydrogen) atoms. The first-order chi connectivity index (χ1) is 9.58. The van der Waals surface area contributed by atoms with E-state index in [-0.39, 0.29) is 23.9 Å². The Labute approximate surface area is 118 Å². The lowest BCUT2D eigenvalue weighted by Gasteiger charge is -2.25. The van der Waals surface area contributed by atoms with Crippen LogP contribution < -0.4 is 5.32 Å². The van der Waals surface area contributed by atoms with Crippen LogP contribution in [0.25, 0.3) is 0 Å². The second kappa shape index (κ2) is 6.81. The van der Waals surface area contributed by atoms with Gasteiger partial charge in [0.25, 0.3) is 0 Å². The average molecular weight is 280 g/mol. The van der Waals surface area contributed by atoms with Crippen molar-refractivity contribution in [1.29, 1.82) is 0 Å². The van der Waals surface area contributed by atoms with Gasteiger partial charge in [0.2, 0.25) is 5.91 Å². The Balaban J connectivity index is 1.97. The average Bonchev–Trinajstić information content (AvgIpc) is 2.92. The summed E-state index contributed by atoms with van der Waals surface area (Å²) in [6, 6.07) is 6.41. The van der Waals surface area contributed by atoms with Crippen molar-refractivity contribution in [2.24, 2.45) is 0 Å². The van der Waals surface area contributed by atoms with Gasteiger partial charge >= 0.3 is 0 Å². The van der Waals surface area contributed by atoms with E-state index in [1.807, 2.05) is 25.1 Å². The Hall–Kier alpha value is -1.46. The summed E-state index contributed by atoms with van der Waals surface area (Å²) in [5, 5.41) is 2.90. The molecule has 0 radical (unpaired) electrons. The molecule has 1 aliphatic heterocycles. The van der Waals surface area contributed by atoms with Crippen molar-refractivity contribution in [3.63, 3.8) is 0 Å². The zero-order chi connectivity index (χ0) is 14.5. The molecule has 1 N–H and O–H groups in total. The molecule has 0 spiro atoms. The van der Waals surface area contributed by atoms with Crippen molar-refractivity contribution >= 4 is 5.91 Å². The first-order valence-corrected chi connectivity index (χ1v) is 6.89. The predicted octanol–water partition coefficient (Wildman–Crippen LogP) is 1.72. The Kier molecular flexibility index (Phi) is 5.09. The third-order valence-corrected chi connectivity index (χ3v) is 3.55. The first kappa shape index (κ1) is 14.9. The molecule has 2 rings (SSSR count). The van der Waals surface area contributed by atoms with Gasteiger partial charge in [-0.2, -0.15) is 0 Å². The van der Waals surface area contributed by atoms with Crippen LogP contribution in [0.1, 0.15) is 24.4 Å². The van der Waals surface area contributed by atoms with Gasteiger partial charge in [-0.1, -0.05) is 12.1 Å². The Morgan fingerprint density at radius 3 is 2.95 bits per heavy atom. The highest BCUT2D eigenvalue weighted by molar-refractivity contribution is 5.81. The number of hydrogen-bond donors (Lipinski definition) is 1. The van der Waals surface area contributed by atoms with Gasteiger partial charge in [0, 0.05) is 13.2 Å². The topological polar surface area (TPSA) is 41.6 Å². The minimum atomic E-state index is -0.328. The van der Waals surface area contributed by atoms with E-state index in [0.29, 0.717) is 13.2 Å². The van der Waals surface area contributed by atoms with E-state index in [1.165, 1.54) is 12.1 Å². The molecule has 5 heteroatoms.